The van der Waals surface area contributed by atoms with Crippen molar-refractivity contribution >= 4 is 11.6 Å². The highest BCUT2D eigenvalue weighted by Gasteiger charge is 2.51. The fourth-order valence-corrected chi connectivity index (χ4v) is 3.38. The van der Waals surface area contributed by atoms with Crippen molar-refractivity contribution in [1.82, 2.24) is 4.90 Å². The Labute approximate surface area is 190 Å². The first-order valence-corrected chi connectivity index (χ1v) is 9.86. The first kappa shape index (κ1) is 25.2. The van der Waals surface area contributed by atoms with Gasteiger partial charge in [-0.25, -0.2) is 0 Å². The molecule has 1 saturated heterocycles. The SMILES string of the molecule is CN(C)C(=O)c1ccc(OC[C@@H]2CN(c3ccc(C#N)c(C(F)(F)F)c3)[C@@H](C(F)(F)F)O2)cc1. The van der Waals surface area contributed by atoms with E-state index in [2.05, 4.69) is 0 Å². The molecule has 2 atom stereocenters. The van der Waals surface area contributed by atoms with Gasteiger partial charge in [-0.3, -0.25) is 4.79 Å². The van der Waals surface area contributed by atoms with Crippen LogP contribution in [0.1, 0.15) is 21.5 Å². The van der Waals surface area contributed by atoms with Crippen LogP contribution in [0.5, 0.6) is 5.75 Å². The molecule has 0 spiro atoms. The number of ether oxygens (including phenoxy) is 2. The zero-order valence-corrected chi connectivity index (χ0v) is 17.9. The van der Waals surface area contributed by atoms with Gasteiger partial charge in [-0.15, -0.1) is 0 Å². The number of benzene rings is 2. The van der Waals surface area contributed by atoms with Crippen LogP contribution < -0.4 is 9.64 Å². The third kappa shape index (κ3) is 5.53. The molecule has 1 aliphatic rings. The van der Waals surface area contributed by atoms with Crippen LogP contribution in [0, 0.1) is 11.3 Å². The van der Waals surface area contributed by atoms with Gasteiger partial charge in [0.2, 0.25) is 6.23 Å². The number of hydrogen-bond donors (Lipinski definition) is 0. The zero-order valence-electron chi connectivity index (χ0n) is 17.9. The normalized spacial score (nSPS) is 18.5. The summed E-state index contributed by atoms with van der Waals surface area (Å²) in [5.74, 6) is 0.0358. The summed E-state index contributed by atoms with van der Waals surface area (Å²) in [5.41, 5.74) is -2.03. The highest BCUT2D eigenvalue weighted by Crippen LogP contribution is 2.39. The number of hydrogen-bond acceptors (Lipinski definition) is 5. The summed E-state index contributed by atoms with van der Waals surface area (Å²) in [6, 6.07) is 9.67. The summed E-state index contributed by atoms with van der Waals surface area (Å²) in [4.78, 5) is 13.9. The maximum absolute atomic E-state index is 13.6. The van der Waals surface area contributed by atoms with E-state index in [9.17, 15) is 31.1 Å². The number of nitrogens with zero attached hydrogens (tertiary/aromatic N) is 3. The average molecular weight is 487 g/mol. The molecule has 0 unspecified atom stereocenters. The molecule has 1 heterocycles. The number of halogens is 6. The molecule has 2 aromatic rings. The molecule has 0 bridgehead atoms. The quantitative estimate of drug-likeness (QED) is 0.584. The van der Waals surface area contributed by atoms with E-state index in [0.717, 1.165) is 12.1 Å². The molecule has 1 amide bonds. The molecule has 0 aromatic heterocycles. The Hall–Kier alpha value is -3.46. The van der Waals surface area contributed by atoms with Gasteiger partial charge in [0, 0.05) is 25.3 Å². The fourth-order valence-electron chi connectivity index (χ4n) is 3.38. The van der Waals surface area contributed by atoms with Crippen molar-refractivity contribution in [1.29, 1.82) is 5.26 Å². The van der Waals surface area contributed by atoms with Crippen molar-refractivity contribution in [3.05, 3.63) is 59.2 Å². The van der Waals surface area contributed by atoms with Crippen LogP contribution in [0.25, 0.3) is 0 Å². The van der Waals surface area contributed by atoms with E-state index in [0.29, 0.717) is 16.5 Å². The Kier molecular flexibility index (Phi) is 6.97. The van der Waals surface area contributed by atoms with Crippen molar-refractivity contribution in [3.63, 3.8) is 0 Å². The fraction of sp³-hybridized carbons (Fsp3) is 0.364. The van der Waals surface area contributed by atoms with Gasteiger partial charge < -0.3 is 19.3 Å². The minimum Gasteiger partial charge on any atom is -0.491 e. The van der Waals surface area contributed by atoms with E-state index in [1.165, 1.54) is 35.2 Å². The van der Waals surface area contributed by atoms with E-state index in [1.807, 2.05) is 0 Å². The molecular formula is C22H19F6N3O3. The molecule has 0 N–H and O–H groups in total. The number of rotatable bonds is 5. The van der Waals surface area contributed by atoms with Gasteiger partial charge in [0.1, 0.15) is 18.5 Å². The van der Waals surface area contributed by atoms with Gasteiger partial charge in [0.25, 0.3) is 5.91 Å². The van der Waals surface area contributed by atoms with Gasteiger partial charge >= 0.3 is 12.4 Å². The minimum absolute atomic E-state index is 0.241. The van der Waals surface area contributed by atoms with Crippen LogP contribution in [0.4, 0.5) is 32.0 Å². The second kappa shape index (κ2) is 9.42. The minimum atomic E-state index is -4.92. The lowest BCUT2D eigenvalue weighted by Crippen LogP contribution is -2.42. The van der Waals surface area contributed by atoms with Crippen LogP contribution in [0.2, 0.25) is 0 Å². The highest BCUT2D eigenvalue weighted by molar-refractivity contribution is 5.93. The topological polar surface area (TPSA) is 65.8 Å². The number of anilines is 1. The van der Waals surface area contributed by atoms with Gasteiger partial charge in [0.15, 0.2) is 0 Å². The second-order valence-electron chi connectivity index (χ2n) is 7.68. The van der Waals surface area contributed by atoms with Crippen molar-refractivity contribution in [2.75, 3.05) is 32.1 Å². The molecule has 12 heteroatoms. The zero-order chi connectivity index (χ0) is 25.3. The lowest BCUT2D eigenvalue weighted by atomic mass is 10.1. The van der Waals surface area contributed by atoms with Crippen molar-refractivity contribution < 1.29 is 40.6 Å². The second-order valence-corrected chi connectivity index (χ2v) is 7.68. The first-order valence-electron chi connectivity index (χ1n) is 9.86. The van der Waals surface area contributed by atoms with E-state index < -0.39 is 42.4 Å². The molecule has 1 aliphatic heterocycles. The lowest BCUT2D eigenvalue weighted by molar-refractivity contribution is -0.215. The van der Waals surface area contributed by atoms with E-state index in [4.69, 9.17) is 14.7 Å². The molecule has 3 rings (SSSR count). The van der Waals surface area contributed by atoms with E-state index in [1.54, 1.807) is 14.1 Å². The molecule has 6 nitrogen and oxygen atoms in total. The van der Waals surface area contributed by atoms with Gasteiger partial charge in [-0.1, -0.05) is 0 Å². The Balaban J connectivity index is 1.77. The molecule has 0 saturated carbocycles. The van der Waals surface area contributed by atoms with Crippen molar-refractivity contribution in [3.8, 4) is 11.8 Å². The number of alkyl halides is 6. The average Bonchev–Trinajstić information content (AvgIpc) is 3.21. The third-order valence-electron chi connectivity index (χ3n) is 4.99. The summed E-state index contributed by atoms with van der Waals surface area (Å²) in [7, 11) is 3.16. The van der Waals surface area contributed by atoms with Crippen LogP contribution in [-0.2, 0) is 10.9 Å². The predicted molar refractivity (Wildman–Crippen MR) is 108 cm³/mol. The van der Waals surface area contributed by atoms with Crippen LogP contribution in [0.15, 0.2) is 42.5 Å². The van der Waals surface area contributed by atoms with Crippen LogP contribution in [0.3, 0.4) is 0 Å². The largest absolute Gasteiger partial charge is 0.491 e. The standard InChI is InChI=1S/C22H19F6N3O3/c1-30(2)19(32)13-4-7-16(8-5-13)33-12-17-11-31(20(34-17)22(26,27)28)15-6-3-14(10-29)18(9-15)21(23,24)25/h3-9,17,20H,11-12H2,1-2H3/t17-,20+/m0/s1. The summed E-state index contributed by atoms with van der Waals surface area (Å²) >= 11 is 0. The molecule has 1 fully saturated rings. The van der Waals surface area contributed by atoms with Gasteiger partial charge in [-0.2, -0.15) is 31.6 Å². The Morgan fingerprint density at radius 2 is 1.79 bits per heavy atom. The summed E-state index contributed by atoms with van der Waals surface area (Å²) in [6.07, 6.45) is -13.4. The highest BCUT2D eigenvalue weighted by atomic mass is 19.4. The van der Waals surface area contributed by atoms with Crippen molar-refractivity contribution in [2.45, 2.75) is 24.7 Å². The van der Waals surface area contributed by atoms with Gasteiger partial charge in [-0.05, 0) is 42.5 Å². The van der Waals surface area contributed by atoms with Gasteiger partial charge in [0.05, 0.1) is 23.7 Å². The van der Waals surface area contributed by atoms with E-state index >= 15 is 0 Å². The number of carbonyl (C=O) groups excluding carboxylic acids is 1. The van der Waals surface area contributed by atoms with Crippen LogP contribution in [-0.4, -0.2) is 56.6 Å². The van der Waals surface area contributed by atoms with Crippen LogP contribution >= 0.6 is 0 Å². The monoisotopic (exact) mass is 487 g/mol. The molecule has 0 aliphatic carbocycles. The summed E-state index contributed by atoms with van der Waals surface area (Å²) in [6.45, 7) is -0.711. The molecule has 34 heavy (non-hydrogen) atoms. The maximum Gasteiger partial charge on any atom is 0.433 e. The predicted octanol–water partition coefficient (Wildman–Crippen LogP) is 4.45. The molecule has 182 valence electrons. The smallest absolute Gasteiger partial charge is 0.433 e. The number of amides is 1. The number of carbonyl (C=O) groups is 1. The summed E-state index contributed by atoms with van der Waals surface area (Å²) < 4.78 is 91.1. The Morgan fingerprint density at radius 3 is 2.32 bits per heavy atom. The molecule has 2 aromatic carbocycles. The summed E-state index contributed by atoms with van der Waals surface area (Å²) in [5, 5.41) is 8.91. The maximum atomic E-state index is 13.6. The number of nitriles is 1. The van der Waals surface area contributed by atoms with E-state index in [-0.39, 0.29) is 24.0 Å². The van der Waals surface area contributed by atoms with Crippen molar-refractivity contribution in [2.24, 2.45) is 0 Å². The molecule has 0 radical (unpaired) electrons. The Morgan fingerprint density at radius 1 is 1.15 bits per heavy atom. The molecular weight excluding hydrogens is 468 g/mol. The first-order chi connectivity index (χ1) is 15.8. The Bertz CT molecular complexity index is 1080. The third-order valence-corrected chi connectivity index (χ3v) is 4.99. The lowest BCUT2D eigenvalue weighted by Gasteiger charge is -2.27.